The number of aromatic nitrogens is 1. The first-order chi connectivity index (χ1) is 8.65. The maximum Gasteiger partial charge on any atom is 0.268 e. The van der Waals surface area contributed by atoms with E-state index >= 15 is 0 Å². The van der Waals surface area contributed by atoms with Gasteiger partial charge in [-0.1, -0.05) is 23.1 Å². The molecule has 1 saturated heterocycles. The van der Waals surface area contributed by atoms with Gasteiger partial charge in [0.1, 0.15) is 0 Å². The Labute approximate surface area is 115 Å². The number of halogens is 1. The topological polar surface area (TPSA) is 25.2 Å². The maximum atomic E-state index is 12.4. The van der Waals surface area contributed by atoms with Crippen molar-refractivity contribution in [1.29, 1.82) is 0 Å². The van der Waals surface area contributed by atoms with Crippen LogP contribution < -0.4 is 5.56 Å². The fraction of sp³-hybridized carbons (Fsp3) is 0.462. The van der Waals surface area contributed by atoms with E-state index in [1.807, 2.05) is 16.1 Å². The molecule has 1 aliphatic rings. The van der Waals surface area contributed by atoms with E-state index in [0.717, 1.165) is 36.0 Å². The predicted octanol–water partition coefficient (Wildman–Crippen LogP) is 2.98. The zero-order chi connectivity index (χ0) is 12.7. The summed E-state index contributed by atoms with van der Waals surface area (Å²) in [7, 11) is 2.11. The van der Waals surface area contributed by atoms with Crippen molar-refractivity contribution < 1.29 is 0 Å². The van der Waals surface area contributed by atoms with Gasteiger partial charge in [0.2, 0.25) is 0 Å². The molecule has 1 aromatic carbocycles. The Hall–Kier alpha value is -0.840. The van der Waals surface area contributed by atoms with Crippen LogP contribution in [0.2, 0.25) is 5.02 Å². The van der Waals surface area contributed by atoms with E-state index in [0.29, 0.717) is 11.1 Å². The third kappa shape index (κ3) is 2.09. The van der Waals surface area contributed by atoms with Crippen LogP contribution in [0.15, 0.2) is 23.0 Å². The molecule has 1 fully saturated rings. The van der Waals surface area contributed by atoms with E-state index in [-0.39, 0.29) is 5.56 Å². The van der Waals surface area contributed by atoms with Gasteiger partial charge in [0.05, 0.1) is 16.1 Å². The average molecular weight is 283 g/mol. The smallest absolute Gasteiger partial charge is 0.268 e. The number of piperidine rings is 1. The molecule has 0 amide bonds. The molecule has 0 spiro atoms. The van der Waals surface area contributed by atoms with Gasteiger partial charge >= 0.3 is 0 Å². The van der Waals surface area contributed by atoms with Gasteiger partial charge < -0.3 is 4.90 Å². The summed E-state index contributed by atoms with van der Waals surface area (Å²) in [6, 6.07) is 5.81. The van der Waals surface area contributed by atoms with Gasteiger partial charge in [0.25, 0.3) is 5.56 Å². The molecule has 3 nitrogen and oxygen atoms in total. The van der Waals surface area contributed by atoms with Gasteiger partial charge in [0.15, 0.2) is 0 Å². The zero-order valence-electron chi connectivity index (χ0n) is 10.2. The second kappa shape index (κ2) is 4.68. The fourth-order valence-corrected chi connectivity index (χ4v) is 3.97. The minimum absolute atomic E-state index is 0.131. The summed E-state index contributed by atoms with van der Waals surface area (Å²) in [6.07, 6.45) is 2.24. The summed E-state index contributed by atoms with van der Waals surface area (Å²) in [4.78, 5) is 14.6. The first-order valence-corrected chi connectivity index (χ1v) is 7.30. The molecule has 1 atom stereocenters. The molecule has 2 aromatic rings. The molecule has 3 rings (SSSR count). The van der Waals surface area contributed by atoms with E-state index in [4.69, 9.17) is 11.6 Å². The molecule has 0 N–H and O–H groups in total. The van der Waals surface area contributed by atoms with Crippen LogP contribution in [0.25, 0.3) is 10.1 Å². The van der Waals surface area contributed by atoms with Crippen LogP contribution in [0.1, 0.15) is 18.9 Å². The lowest BCUT2D eigenvalue weighted by molar-refractivity contribution is 0.217. The SMILES string of the molecule is CN1CCCC(n2sc3cc(Cl)ccc3c2=O)C1. The number of fused-ring (bicyclic) bond motifs is 1. The summed E-state index contributed by atoms with van der Waals surface area (Å²) in [5.74, 6) is 0. The van der Waals surface area contributed by atoms with Gasteiger partial charge in [-0.25, -0.2) is 0 Å². The van der Waals surface area contributed by atoms with Crippen LogP contribution in [0.3, 0.4) is 0 Å². The summed E-state index contributed by atoms with van der Waals surface area (Å²) >= 11 is 7.52. The third-order valence-corrected chi connectivity index (χ3v) is 4.93. The van der Waals surface area contributed by atoms with Crippen molar-refractivity contribution in [3.63, 3.8) is 0 Å². The Morgan fingerprint density at radius 1 is 1.44 bits per heavy atom. The Morgan fingerprint density at radius 3 is 3.06 bits per heavy atom. The quantitative estimate of drug-likeness (QED) is 0.803. The number of nitrogens with zero attached hydrogens (tertiary/aromatic N) is 2. The van der Waals surface area contributed by atoms with E-state index in [1.54, 1.807) is 6.07 Å². The van der Waals surface area contributed by atoms with Gasteiger partial charge in [-0.15, -0.1) is 0 Å². The maximum absolute atomic E-state index is 12.4. The van der Waals surface area contributed by atoms with Crippen molar-refractivity contribution >= 4 is 33.2 Å². The Bertz CT molecular complexity index is 633. The standard InChI is InChI=1S/C13H15ClN2OS/c1-15-6-2-3-10(8-15)16-13(17)11-5-4-9(14)7-12(11)18-16/h4-5,7,10H,2-3,6,8H2,1H3. The Balaban J connectivity index is 2.06. The van der Waals surface area contributed by atoms with Crippen LogP contribution in [0, 0.1) is 0 Å². The highest BCUT2D eigenvalue weighted by Gasteiger charge is 2.22. The van der Waals surface area contributed by atoms with Crippen molar-refractivity contribution in [3.8, 4) is 0 Å². The summed E-state index contributed by atoms with van der Waals surface area (Å²) in [6.45, 7) is 2.09. The molecule has 0 saturated carbocycles. The number of likely N-dealkylation sites (N-methyl/N-ethyl adjacent to an activating group) is 1. The number of benzene rings is 1. The van der Waals surface area contributed by atoms with Gasteiger partial charge in [-0.3, -0.25) is 8.75 Å². The molecule has 5 heteroatoms. The largest absolute Gasteiger partial charge is 0.304 e. The Morgan fingerprint density at radius 2 is 2.28 bits per heavy atom. The summed E-state index contributed by atoms with van der Waals surface area (Å²) in [5, 5.41) is 1.48. The van der Waals surface area contributed by atoms with Gasteiger partial charge in [-0.2, -0.15) is 0 Å². The van der Waals surface area contributed by atoms with E-state index in [1.165, 1.54) is 11.5 Å². The van der Waals surface area contributed by atoms with Crippen LogP contribution in [-0.2, 0) is 0 Å². The lowest BCUT2D eigenvalue weighted by atomic mass is 10.1. The minimum Gasteiger partial charge on any atom is -0.304 e. The lowest BCUT2D eigenvalue weighted by Gasteiger charge is -2.29. The van der Waals surface area contributed by atoms with Crippen LogP contribution in [-0.4, -0.2) is 29.0 Å². The van der Waals surface area contributed by atoms with Crippen molar-refractivity contribution in [2.75, 3.05) is 20.1 Å². The van der Waals surface area contributed by atoms with Crippen molar-refractivity contribution in [3.05, 3.63) is 33.6 Å². The number of rotatable bonds is 1. The molecule has 1 unspecified atom stereocenters. The second-order valence-corrected chi connectivity index (χ2v) is 6.37. The monoisotopic (exact) mass is 282 g/mol. The number of hydrogen-bond acceptors (Lipinski definition) is 3. The third-order valence-electron chi connectivity index (χ3n) is 3.50. The number of hydrogen-bond donors (Lipinski definition) is 0. The molecule has 0 bridgehead atoms. The zero-order valence-corrected chi connectivity index (χ0v) is 11.8. The summed E-state index contributed by atoms with van der Waals surface area (Å²) in [5.41, 5.74) is 0.131. The van der Waals surface area contributed by atoms with Gasteiger partial charge in [-0.05, 0) is 44.6 Å². The highest BCUT2D eigenvalue weighted by atomic mass is 35.5. The first-order valence-electron chi connectivity index (χ1n) is 6.15. The molecular weight excluding hydrogens is 268 g/mol. The molecule has 2 heterocycles. The van der Waals surface area contributed by atoms with Crippen LogP contribution in [0.5, 0.6) is 0 Å². The van der Waals surface area contributed by atoms with Crippen molar-refractivity contribution in [2.45, 2.75) is 18.9 Å². The second-order valence-electron chi connectivity index (χ2n) is 4.92. The fourth-order valence-electron chi connectivity index (χ4n) is 2.59. The molecule has 1 aromatic heterocycles. The van der Waals surface area contributed by atoms with E-state index in [9.17, 15) is 4.79 Å². The van der Waals surface area contributed by atoms with Crippen molar-refractivity contribution in [2.24, 2.45) is 0 Å². The highest BCUT2D eigenvalue weighted by molar-refractivity contribution is 7.13. The van der Waals surface area contributed by atoms with E-state index < -0.39 is 0 Å². The molecule has 0 radical (unpaired) electrons. The molecule has 18 heavy (non-hydrogen) atoms. The first kappa shape index (κ1) is 12.2. The molecule has 1 aliphatic heterocycles. The van der Waals surface area contributed by atoms with Crippen LogP contribution in [0.4, 0.5) is 0 Å². The predicted molar refractivity (Wildman–Crippen MR) is 76.9 cm³/mol. The highest BCUT2D eigenvalue weighted by Crippen LogP contribution is 2.27. The lowest BCUT2D eigenvalue weighted by Crippen LogP contribution is -2.35. The normalized spacial score (nSPS) is 21.6. The van der Waals surface area contributed by atoms with Gasteiger partial charge in [0, 0.05) is 11.6 Å². The minimum atomic E-state index is 0.131. The molecule has 96 valence electrons. The summed E-state index contributed by atoms with van der Waals surface area (Å²) < 4.78 is 2.91. The average Bonchev–Trinajstić information content (AvgIpc) is 2.66. The Kier molecular flexibility index (Phi) is 3.18. The molecular formula is C13H15ClN2OS. The van der Waals surface area contributed by atoms with E-state index in [2.05, 4.69) is 11.9 Å². The van der Waals surface area contributed by atoms with Crippen LogP contribution >= 0.6 is 23.1 Å². The van der Waals surface area contributed by atoms with Crippen molar-refractivity contribution in [1.82, 2.24) is 8.86 Å². The molecule has 0 aliphatic carbocycles. The number of likely N-dealkylation sites (tertiary alicyclic amines) is 1.